The van der Waals surface area contributed by atoms with Crippen LogP contribution in [-0.2, 0) is 6.42 Å². The Kier molecular flexibility index (Phi) is 5.03. The lowest BCUT2D eigenvalue weighted by Gasteiger charge is -1.93. The molecule has 3 nitrogen and oxygen atoms in total. The largest absolute Gasteiger partial charge is 0.147 e. The Balaban J connectivity index is 0.000000134. The summed E-state index contributed by atoms with van der Waals surface area (Å²) < 4.78 is 2.06. The molecule has 0 aliphatic heterocycles. The minimum atomic E-state index is 0.643. The SMILES string of the molecule is Brc1nnnc(Br)c1Br.C1=Cc2ccccc2C1. The van der Waals surface area contributed by atoms with E-state index in [1.54, 1.807) is 0 Å². The minimum absolute atomic E-state index is 0.643. The van der Waals surface area contributed by atoms with E-state index in [1.807, 2.05) is 0 Å². The maximum absolute atomic E-state index is 3.62. The van der Waals surface area contributed by atoms with Gasteiger partial charge in [0.1, 0.15) is 9.21 Å². The smallest absolute Gasteiger partial charge is 0.122 e. The van der Waals surface area contributed by atoms with Crippen molar-refractivity contribution >= 4 is 53.9 Å². The molecule has 0 radical (unpaired) electrons. The molecule has 0 spiro atoms. The normalized spacial score (nSPS) is 11.7. The van der Waals surface area contributed by atoms with Crippen LogP contribution >= 0.6 is 47.8 Å². The number of rotatable bonds is 0. The first-order valence-corrected chi connectivity index (χ1v) is 7.50. The average molecular weight is 434 g/mol. The van der Waals surface area contributed by atoms with Crippen molar-refractivity contribution in [2.75, 3.05) is 0 Å². The maximum Gasteiger partial charge on any atom is 0.147 e. The second kappa shape index (κ2) is 6.54. The summed E-state index contributed by atoms with van der Waals surface area (Å²) >= 11 is 9.53. The third kappa shape index (κ3) is 3.46. The van der Waals surface area contributed by atoms with E-state index in [4.69, 9.17) is 0 Å². The lowest BCUT2D eigenvalue weighted by molar-refractivity contribution is 0.826. The molecule has 0 unspecified atom stereocenters. The Hall–Kier alpha value is -0.590. The second-order valence-electron chi connectivity index (χ2n) is 3.49. The zero-order valence-corrected chi connectivity index (χ0v) is 13.9. The molecule has 1 aliphatic carbocycles. The number of hydrogen-bond acceptors (Lipinski definition) is 3. The van der Waals surface area contributed by atoms with Gasteiger partial charge in [-0.1, -0.05) is 36.4 Å². The molecule has 2 aromatic rings. The first-order valence-electron chi connectivity index (χ1n) is 5.13. The maximum atomic E-state index is 3.62. The molecule has 0 amide bonds. The van der Waals surface area contributed by atoms with E-state index < -0.39 is 0 Å². The Labute approximate surface area is 130 Å². The van der Waals surface area contributed by atoms with Crippen LogP contribution < -0.4 is 0 Å². The summed E-state index contributed by atoms with van der Waals surface area (Å²) in [6.07, 6.45) is 5.50. The van der Waals surface area contributed by atoms with Crippen LogP contribution in [0.2, 0.25) is 0 Å². The highest BCUT2D eigenvalue weighted by Gasteiger charge is 2.02. The molecule has 1 aliphatic rings. The summed E-state index contributed by atoms with van der Waals surface area (Å²) in [5.74, 6) is 0. The molecule has 1 heterocycles. The van der Waals surface area contributed by atoms with Crippen LogP contribution in [0.15, 0.2) is 44.0 Å². The average Bonchev–Trinajstić information content (AvgIpc) is 2.85. The van der Waals surface area contributed by atoms with Crippen molar-refractivity contribution in [3.63, 3.8) is 0 Å². The molecular weight excluding hydrogens is 426 g/mol. The number of hydrogen-bond donors (Lipinski definition) is 0. The van der Waals surface area contributed by atoms with Crippen LogP contribution in [0.4, 0.5) is 0 Å². The van der Waals surface area contributed by atoms with E-state index in [2.05, 4.69) is 99.6 Å². The Morgan fingerprint density at radius 1 is 0.944 bits per heavy atom. The van der Waals surface area contributed by atoms with E-state index >= 15 is 0 Å². The number of nitrogens with zero attached hydrogens (tertiary/aromatic N) is 3. The van der Waals surface area contributed by atoms with Crippen LogP contribution in [0.25, 0.3) is 6.08 Å². The molecule has 18 heavy (non-hydrogen) atoms. The van der Waals surface area contributed by atoms with Gasteiger partial charge in [0, 0.05) is 0 Å². The predicted molar refractivity (Wildman–Crippen MR) is 82.1 cm³/mol. The summed E-state index contributed by atoms with van der Waals surface area (Å²) in [5, 5.41) is 10.7. The van der Waals surface area contributed by atoms with Crippen molar-refractivity contribution in [1.29, 1.82) is 0 Å². The Morgan fingerprint density at radius 3 is 2.22 bits per heavy atom. The number of benzene rings is 1. The summed E-state index contributed by atoms with van der Waals surface area (Å²) in [6, 6.07) is 8.49. The van der Waals surface area contributed by atoms with Crippen molar-refractivity contribution in [1.82, 2.24) is 15.4 Å². The summed E-state index contributed by atoms with van der Waals surface area (Å²) in [5.41, 5.74) is 2.84. The van der Waals surface area contributed by atoms with Crippen molar-refractivity contribution in [3.8, 4) is 0 Å². The standard InChI is InChI=1S/C9H8.C3Br3N3/c1-2-5-9-7-3-6-8(9)4-1;4-1-2(5)7-9-8-3(1)6/h1-6H,7H2;. The van der Waals surface area contributed by atoms with Crippen molar-refractivity contribution in [2.24, 2.45) is 0 Å². The molecule has 6 heteroatoms. The predicted octanol–water partition coefficient (Wildman–Crippen LogP) is 4.42. The van der Waals surface area contributed by atoms with Crippen LogP contribution in [-0.4, -0.2) is 15.4 Å². The van der Waals surface area contributed by atoms with E-state index in [1.165, 1.54) is 11.1 Å². The first-order chi connectivity index (χ1) is 8.68. The topological polar surface area (TPSA) is 38.7 Å². The Bertz CT molecular complexity index is 564. The molecule has 92 valence electrons. The molecule has 0 bridgehead atoms. The Morgan fingerprint density at radius 2 is 1.61 bits per heavy atom. The molecule has 1 aromatic carbocycles. The number of aromatic nitrogens is 3. The van der Waals surface area contributed by atoms with Gasteiger partial charge >= 0.3 is 0 Å². The third-order valence-corrected chi connectivity index (χ3v) is 5.24. The summed E-state index contributed by atoms with van der Waals surface area (Å²) in [4.78, 5) is 0. The highest BCUT2D eigenvalue weighted by Crippen LogP contribution is 2.25. The van der Waals surface area contributed by atoms with Gasteiger partial charge < -0.3 is 0 Å². The van der Waals surface area contributed by atoms with E-state index in [0.717, 1.165) is 10.9 Å². The van der Waals surface area contributed by atoms with Crippen LogP contribution in [0.5, 0.6) is 0 Å². The quantitative estimate of drug-likeness (QED) is 0.617. The molecule has 3 rings (SSSR count). The van der Waals surface area contributed by atoms with E-state index in [0.29, 0.717) is 9.21 Å². The van der Waals surface area contributed by atoms with Crippen LogP contribution in [0.1, 0.15) is 11.1 Å². The molecule has 1 aromatic heterocycles. The molecule has 0 saturated heterocycles. The van der Waals surface area contributed by atoms with Crippen LogP contribution in [0, 0.1) is 0 Å². The van der Waals surface area contributed by atoms with Gasteiger partial charge in [0.15, 0.2) is 0 Å². The molecule has 0 N–H and O–H groups in total. The lowest BCUT2D eigenvalue weighted by atomic mass is 10.1. The molecule has 0 saturated carbocycles. The number of halogens is 3. The van der Waals surface area contributed by atoms with Crippen molar-refractivity contribution in [3.05, 3.63) is 55.1 Å². The zero-order valence-electron chi connectivity index (χ0n) is 9.15. The van der Waals surface area contributed by atoms with Gasteiger partial charge in [-0.2, -0.15) is 0 Å². The summed E-state index contributed by atoms with van der Waals surface area (Å²) in [7, 11) is 0. The second-order valence-corrected chi connectivity index (χ2v) is 5.79. The van der Waals surface area contributed by atoms with Crippen LogP contribution in [0.3, 0.4) is 0 Å². The highest BCUT2D eigenvalue weighted by atomic mass is 79.9. The van der Waals surface area contributed by atoms with Gasteiger partial charge in [-0.25, -0.2) is 0 Å². The van der Waals surface area contributed by atoms with Gasteiger partial charge in [-0.05, 0) is 70.6 Å². The fraction of sp³-hybridized carbons (Fsp3) is 0.0833. The van der Waals surface area contributed by atoms with E-state index in [9.17, 15) is 0 Å². The first kappa shape index (κ1) is 13.8. The van der Waals surface area contributed by atoms with Gasteiger partial charge in [0.25, 0.3) is 0 Å². The molecule has 0 fully saturated rings. The minimum Gasteiger partial charge on any atom is -0.122 e. The zero-order chi connectivity index (χ0) is 13.0. The molecular formula is C12H8Br3N3. The van der Waals surface area contributed by atoms with E-state index in [-0.39, 0.29) is 0 Å². The van der Waals surface area contributed by atoms with Gasteiger partial charge in [0.05, 0.1) is 4.47 Å². The van der Waals surface area contributed by atoms with Crippen molar-refractivity contribution in [2.45, 2.75) is 6.42 Å². The lowest BCUT2D eigenvalue weighted by Crippen LogP contribution is -1.88. The molecule has 0 atom stereocenters. The van der Waals surface area contributed by atoms with Gasteiger partial charge in [0.2, 0.25) is 0 Å². The fourth-order valence-corrected chi connectivity index (χ4v) is 2.41. The third-order valence-electron chi connectivity index (χ3n) is 2.32. The van der Waals surface area contributed by atoms with Gasteiger partial charge in [-0.3, -0.25) is 0 Å². The summed E-state index contributed by atoms with van der Waals surface area (Å²) in [6.45, 7) is 0. The number of fused-ring (bicyclic) bond motifs is 1. The van der Waals surface area contributed by atoms with Crippen molar-refractivity contribution < 1.29 is 0 Å². The highest BCUT2D eigenvalue weighted by molar-refractivity contribution is 9.14. The monoisotopic (exact) mass is 431 g/mol. The number of allylic oxidation sites excluding steroid dienone is 1. The van der Waals surface area contributed by atoms with Gasteiger partial charge in [-0.15, -0.1) is 10.2 Å². The fourth-order valence-electron chi connectivity index (χ4n) is 1.47.